The van der Waals surface area contributed by atoms with E-state index in [-0.39, 0.29) is 18.9 Å². The SMILES string of the molecule is FC(F)(F)O[B-](OC(F)(F)F)(OC(F)(F)F)OC(F)(F)F.[Li+]. The van der Waals surface area contributed by atoms with E-state index >= 15 is 0 Å². The molecule has 4 nitrogen and oxygen atoms in total. The Kier molecular flexibility index (Phi) is 7.67. The zero-order valence-corrected chi connectivity index (χ0v) is 9.75. The quantitative estimate of drug-likeness (QED) is 0.544. The van der Waals surface area contributed by atoms with Gasteiger partial charge in [0, 0.05) is 0 Å². The van der Waals surface area contributed by atoms with Gasteiger partial charge >= 0.3 is 51.3 Å². The zero-order chi connectivity index (χ0) is 17.3. The Morgan fingerprint density at radius 3 is 0.636 bits per heavy atom. The zero-order valence-electron chi connectivity index (χ0n) is 9.75. The number of halogens is 12. The Morgan fingerprint density at radius 1 is 0.409 bits per heavy atom. The monoisotopic (exact) mass is 358 g/mol. The van der Waals surface area contributed by atoms with Gasteiger partial charge in [0.1, 0.15) is 0 Å². The van der Waals surface area contributed by atoms with Crippen molar-refractivity contribution < 1.29 is 90.2 Å². The van der Waals surface area contributed by atoms with Gasteiger partial charge in [-0.3, -0.25) is 0 Å². The molecule has 0 heterocycles. The maximum absolute atomic E-state index is 11.7. The molecule has 0 fully saturated rings. The van der Waals surface area contributed by atoms with Gasteiger partial charge < -0.3 is 18.6 Å². The molecule has 0 bridgehead atoms. The molecule has 0 spiro atoms. The summed E-state index contributed by atoms with van der Waals surface area (Å²) < 4.78 is 149. The van der Waals surface area contributed by atoms with Gasteiger partial charge in [0.15, 0.2) is 0 Å². The van der Waals surface area contributed by atoms with Crippen molar-refractivity contribution in [2.24, 2.45) is 0 Å². The van der Waals surface area contributed by atoms with E-state index in [0.29, 0.717) is 0 Å². The van der Waals surface area contributed by atoms with Crippen molar-refractivity contribution in [3.8, 4) is 0 Å². The number of hydrogen-bond acceptors (Lipinski definition) is 4. The van der Waals surface area contributed by atoms with Crippen LogP contribution in [0.2, 0.25) is 0 Å². The van der Waals surface area contributed by atoms with Crippen LogP contribution in [0.25, 0.3) is 0 Å². The van der Waals surface area contributed by atoms with Gasteiger partial charge in [-0.25, -0.2) is 0 Å². The summed E-state index contributed by atoms with van der Waals surface area (Å²) in [6.07, 6.45) is -25.8. The van der Waals surface area contributed by atoms with E-state index in [1.54, 1.807) is 0 Å². The van der Waals surface area contributed by atoms with Crippen LogP contribution in [0.15, 0.2) is 0 Å². The summed E-state index contributed by atoms with van der Waals surface area (Å²) in [6.45, 7) is -6.86. The summed E-state index contributed by atoms with van der Waals surface area (Å²) in [6, 6.07) is 0. The molecule has 0 radical (unpaired) electrons. The maximum atomic E-state index is 11.7. The molecular formula is C4BF12LiO4. The average molecular weight is 358 g/mol. The summed E-state index contributed by atoms with van der Waals surface area (Å²) in [5.41, 5.74) is 0. The summed E-state index contributed by atoms with van der Waals surface area (Å²) in [4.78, 5) is 0. The van der Waals surface area contributed by atoms with Crippen molar-refractivity contribution in [1.29, 1.82) is 0 Å². The first-order valence-electron chi connectivity index (χ1n) is 4.03. The Balaban J connectivity index is 0. The van der Waals surface area contributed by atoms with Crippen molar-refractivity contribution in [3.05, 3.63) is 0 Å². The molecule has 128 valence electrons. The molecule has 0 amide bonds. The number of rotatable bonds is 4. The van der Waals surface area contributed by atoms with Crippen molar-refractivity contribution >= 4 is 6.96 Å². The van der Waals surface area contributed by atoms with E-state index in [1.807, 2.05) is 18.6 Å². The Bertz CT molecular complexity index is 275. The predicted octanol–water partition coefficient (Wildman–Crippen LogP) is 0.572. The minimum atomic E-state index is -6.86. The van der Waals surface area contributed by atoms with Gasteiger partial charge in [-0.1, -0.05) is 0 Å². The van der Waals surface area contributed by atoms with E-state index in [4.69, 9.17) is 0 Å². The summed E-state index contributed by atoms with van der Waals surface area (Å²) in [5.74, 6) is 0. The minimum absolute atomic E-state index is 0. The second-order valence-electron chi connectivity index (χ2n) is 2.83. The third-order valence-corrected chi connectivity index (χ3v) is 1.11. The van der Waals surface area contributed by atoms with Crippen molar-refractivity contribution in [2.75, 3.05) is 0 Å². The normalized spacial score (nSPS) is 14.7. The smallest absolute Gasteiger partial charge is 0.433 e. The molecule has 0 aromatic carbocycles. The fraction of sp³-hybridized carbons (Fsp3) is 1.00. The topological polar surface area (TPSA) is 36.9 Å². The van der Waals surface area contributed by atoms with Gasteiger partial charge in [0.2, 0.25) is 0 Å². The second-order valence-corrected chi connectivity index (χ2v) is 2.83. The van der Waals surface area contributed by atoms with E-state index in [2.05, 4.69) is 0 Å². The van der Waals surface area contributed by atoms with E-state index in [9.17, 15) is 52.7 Å². The predicted molar refractivity (Wildman–Crippen MR) is 34.3 cm³/mol. The Hall–Kier alpha value is -0.338. The Labute approximate surface area is 123 Å². The van der Waals surface area contributed by atoms with Crippen LogP contribution in [0.1, 0.15) is 0 Å². The second kappa shape index (κ2) is 7.05. The van der Waals surface area contributed by atoms with Gasteiger partial charge in [-0.15, -0.1) is 52.7 Å². The first kappa shape index (κ1) is 23.9. The maximum Gasteiger partial charge on any atom is 1.00 e. The first-order valence-corrected chi connectivity index (χ1v) is 4.03. The van der Waals surface area contributed by atoms with Crippen LogP contribution < -0.4 is 18.9 Å². The molecule has 0 saturated carbocycles. The van der Waals surface area contributed by atoms with Crippen LogP contribution in [0.3, 0.4) is 0 Å². The van der Waals surface area contributed by atoms with Crippen LogP contribution in [-0.4, -0.2) is 32.4 Å². The van der Waals surface area contributed by atoms with E-state index < -0.39 is 32.4 Å². The van der Waals surface area contributed by atoms with Crippen LogP contribution in [0.5, 0.6) is 0 Å². The largest absolute Gasteiger partial charge is 1.00 e. The standard InChI is InChI=1S/C4BF12O4.Li/c6-1(7,8)18-5(19-2(9,10)11,20-3(12,13)14)21-4(15,16)17;/q-1;+1. The van der Waals surface area contributed by atoms with Crippen LogP contribution >= 0.6 is 0 Å². The van der Waals surface area contributed by atoms with Crippen LogP contribution in [0.4, 0.5) is 52.7 Å². The minimum Gasteiger partial charge on any atom is -0.433 e. The Morgan fingerprint density at radius 2 is 0.545 bits per heavy atom. The molecular weight excluding hydrogens is 358 g/mol. The van der Waals surface area contributed by atoms with Crippen LogP contribution in [-0.2, 0) is 18.6 Å². The molecule has 0 aromatic heterocycles. The fourth-order valence-electron chi connectivity index (χ4n) is 0.799. The molecule has 0 N–H and O–H groups in total. The van der Waals surface area contributed by atoms with Crippen molar-refractivity contribution in [3.63, 3.8) is 0 Å². The summed E-state index contributed by atoms with van der Waals surface area (Å²) in [5, 5.41) is 0. The first-order chi connectivity index (χ1) is 8.83. The number of alkyl halides is 12. The van der Waals surface area contributed by atoms with E-state index in [0.717, 1.165) is 0 Å². The molecule has 0 aliphatic heterocycles. The van der Waals surface area contributed by atoms with Crippen molar-refractivity contribution in [2.45, 2.75) is 25.4 Å². The third-order valence-electron chi connectivity index (χ3n) is 1.11. The molecule has 0 atom stereocenters. The molecule has 18 heteroatoms. The molecule has 0 aliphatic rings. The van der Waals surface area contributed by atoms with Crippen LogP contribution in [0, 0.1) is 0 Å². The summed E-state index contributed by atoms with van der Waals surface area (Å²) >= 11 is 0. The molecule has 22 heavy (non-hydrogen) atoms. The van der Waals surface area contributed by atoms with Gasteiger partial charge in [-0.2, -0.15) is 0 Å². The fourth-order valence-corrected chi connectivity index (χ4v) is 0.799. The molecule has 0 rings (SSSR count). The third kappa shape index (κ3) is 12.2. The molecule has 0 aromatic rings. The summed E-state index contributed by atoms with van der Waals surface area (Å²) in [7, 11) is 0. The average Bonchev–Trinajstić information content (AvgIpc) is 1.83. The van der Waals surface area contributed by atoms with Gasteiger partial charge in [-0.05, 0) is 0 Å². The molecule has 0 aliphatic carbocycles. The molecule has 0 unspecified atom stereocenters. The van der Waals surface area contributed by atoms with Crippen molar-refractivity contribution in [1.82, 2.24) is 0 Å². The van der Waals surface area contributed by atoms with Gasteiger partial charge in [0.25, 0.3) is 0 Å². The molecule has 0 saturated heterocycles. The van der Waals surface area contributed by atoms with E-state index in [1.165, 1.54) is 0 Å². The number of hydrogen-bond donors (Lipinski definition) is 0. The van der Waals surface area contributed by atoms with Gasteiger partial charge in [0.05, 0.1) is 0 Å².